The van der Waals surface area contributed by atoms with Crippen molar-refractivity contribution in [2.75, 3.05) is 13.6 Å². The lowest BCUT2D eigenvalue weighted by molar-refractivity contribution is 0.275. The average molecular weight is 343 g/mol. The van der Waals surface area contributed by atoms with Crippen molar-refractivity contribution in [1.29, 1.82) is 0 Å². The maximum atomic E-state index is 5.88. The SMILES string of the molecule is CN(CCn1cccn1)Cc1nnc(-c2cc3c(s2)CCCC3)o1. The highest BCUT2D eigenvalue weighted by Crippen LogP contribution is 2.35. The molecule has 0 unspecified atom stereocenters. The van der Waals surface area contributed by atoms with E-state index in [2.05, 4.69) is 33.3 Å². The van der Waals surface area contributed by atoms with Gasteiger partial charge in [-0.05, 0) is 50.4 Å². The largest absolute Gasteiger partial charge is 0.419 e. The van der Waals surface area contributed by atoms with Crippen molar-refractivity contribution in [3.63, 3.8) is 0 Å². The first-order valence-electron chi connectivity index (χ1n) is 8.38. The van der Waals surface area contributed by atoms with Crippen molar-refractivity contribution in [1.82, 2.24) is 24.9 Å². The zero-order valence-corrected chi connectivity index (χ0v) is 14.6. The zero-order chi connectivity index (χ0) is 16.4. The van der Waals surface area contributed by atoms with Crippen molar-refractivity contribution >= 4 is 11.3 Å². The van der Waals surface area contributed by atoms with Crippen molar-refractivity contribution in [2.24, 2.45) is 0 Å². The van der Waals surface area contributed by atoms with E-state index in [0.29, 0.717) is 18.3 Å². The van der Waals surface area contributed by atoms with Gasteiger partial charge in [-0.25, -0.2) is 0 Å². The number of rotatable bonds is 6. The quantitative estimate of drug-likeness (QED) is 0.688. The summed E-state index contributed by atoms with van der Waals surface area (Å²) in [4.78, 5) is 4.77. The molecule has 0 amide bonds. The van der Waals surface area contributed by atoms with Crippen LogP contribution in [0.1, 0.15) is 29.2 Å². The monoisotopic (exact) mass is 343 g/mol. The summed E-state index contributed by atoms with van der Waals surface area (Å²) in [5.74, 6) is 1.32. The Bertz CT molecular complexity index is 768. The molecule has 0 N–H and O–H groups in total. The van der Waals surface area contributed by atoms with Gasteiger partial charge in [0.05, 0.1) is 18.0 Å². The third-order valence-electron chi connectivity index (χ3n) is 4.35. The smallest absolute Gasteiger partial charge is 0.257 e. The Morgan fingerprint density at radius 2 is 2.21 bits per heavy atom. The predicted molar refractivity (Wildman–Crippen MR) is 92.8 cm³/mol. The molecular weight excluding hydrogens is 322 g/mol. The standard InChI is InChI=1S/C17H21N5OS/c1-21(9-10-22-8-4-7-18-22)12-16-19-20-17(23-16)15-11-13-5-2-3-6-14(13)24-15/h4,7-8,11H,2-3,5-6,9-10,12H2,1H3. The van der Waals surface area contributed by atoms with Crippen LogP contribution >= 0.6 is 11.3 Å². The molecule has 24 heavy (non-hydrogen) atoms. The second-order valence-corrected chi connectivity index (χ2v) is 7.41. The second-order valence-electron chi connectivity index (χ2n) is 6.27. The Hall–Kier alpha value is -1.99. The minimum Gasteiger partial charge on any atom is -0.419 e. The number of fused-ring (bicyclic) bond motifs is 1. The molecule has 0 aromatic carbocycles. The number of nitrogens with zero attached hydrogens (tertiary/aromatic N) is 5. The molecule has 0 atom stereocenters. The first-order chi connectivity index (χ1) is 11.8. The van der Waals surface area contributed by atoms with Crippen LogP contribution in [0, 0.1) is 0 Å². The van der Waals surface area contributed by atoms with Crippen LogP contribution in [-0.4, -0.2) is 38.5 Å². The molecule has 3 heterocycles. The van der Waals surface area contributed by atoms with E-state index in [4.69, 9.17) is 4.42 Å². The highest BCUT2D eigenvalue weighted by Gasteiger charge is 2.18. The van der Waals surface area contributed by atoms with Crippen LogP contribution in [-0.2, 0) is 25.9 Å². The molecule has 3 aromatic heterocycles. The van der Waals surface area contributed by atoms with Gasteiger partial charge in [-0.15, -0.1) is 21.5 Å². The minimum atomic E-state index is 0.652. The lowest BCUT2D eigenvalue weighted by Crippen LogP contribution is -2.23. The lowest BCUT2D eigenvalue weighted by atomic mass is 9.99. The molecule has 3 aromatic rings. The van der Waals surface area contributed by atoms with Gasteiger partial charge in [0.2, 0.25) is 5.89 Å². The van der Waals surface area contributed by atoms with Gasteiger partial charge in [0.15, 0.2) is 0 Å². The van der Waals surface area contributed by atoms with E-state index in [9.17, 15) is 0 Å². The van der Waals surface area contributed by atoms with Gasteiger partial charge in [0, 0.05) is 23.8 Å². The fourth-order valence-electron chi connectivity index (χ4n) is 3.03. The Morgan fingerprint density at radius 1 is 1.29 bits per heavy atom. The zero-order valence-electron chi connectivity index (χ0n) is 13.8. The van der Waals surface area contributed by atoms with Crippen molar-refractivity contribution in [2.45, 2.75) is 38.8 Å². The van der Waals surface area contributed by atoms with E-state index in [-0.39, 0.29) is 0 Å². The first kappa shape index (κ1) is 15.5. The molecule has 7 heteroatoms. The molecule has 0 aliphatic heterocycles. The predicted octanol–water partition coefficient (Wildman–Crippen LogP) is 3.01. The summed E-state index contributed by atoms with van der Waals surface area (Å²) in [6, 6.07) is 4.17. The molecule has 0 bridgehead atoms. The van der Waals surface area contributed by atoms with Gasteiger partial charge < -0.3 is 4.42 Å². The lowest BCUT2D eigenvalue weighted by Gasteiger charge is -2.13. The van der Waals surface area contributed by atoms with E-state index in [1.165, 1.54) is 36.1 Å². The molecule has 0 spiro atoms. The van der Waals surface area contributed by atoms with Crippen molar-refractivity contribution in [3.8, 4) is 10.8 Å². The Morgan fingerprint density at radius 3 is 3.04 bits per heavy atom. The summed E-state index contributed by atoms with van der Waals surface area (Å²) in [6.45, 7) is 2.38. The highest BCUT2D eigenvalue weighted by molar-refractivity contribution is 7.15. The van der Waals surface area contributed by atoms with Gasteiger partial charge in [-0.3, -0.25) is 9.58 Å². The average Bonchev–Trinajstić information content (AvgIpc) is 3.32. The van der Waals surface area contributed by atoms with E-state index in [1.54, 1.807) is 6.20 Å². The minimum absolute atomic E-state index is 0.652. The summed E-state index contributed by atoms with van der Waals surface area (Å²) in [7, 11) is 2.05. The maximum Gasteiger partial charge on any atom is 0.257 e. The van der Waals surface area contributed by atoms with E-state index in [1.807, 2.05) is 28.3 Å². The molecule has 126 valence electrons. The summed E-state index contributed by atoms with van der Waals surface area (Å²) < 4.78 is 7.80. The fourth-order valence-corrected chi connectivity index (χ4v) is 4.20. The Balaban J connectivity index is 1.38. The third kappa shape index (κ3) is 3.42. The Labute approximate surface area is 145 Å². The maximum absolute atomic E-state index is 5.88. The molecule has 6 nitrogen and oxygen atoms in total. The van der Waals surface area contributed by atoms with E-state index < -0.39 is 0 Å². The summed E-state index contributed by atoms with van der Waals surface area (Å²) in [5, 5.41) is 12.7. The van der Waals surface area contributed by atoms with Gasteiger partial charge in [0.1, 0.15) is 0 Å². The summed E-state index contributed by atoms with van der Waals surface area (Å²) in [5.41, 5.74) is 1.47. The fraction of sp³-hybridized carbons (Fsp3) is 0.471. The van der Waals surface area contributed by atoms with Crippen LogP contribution in [0.25, 0.3) is 10.8 Å². The second kappa shape index (κ2) is 6.86. The van der Waals surface area contributed by atoms with Crippen LogP contribution in [0.2, 0.25) is 0 Å². The number of hydrogen-bond donors (Lipinski definition) is 0. The number of thiophene rings is 1. The summed E-state index contributed by atoms with van der Waals surface area (Å²) >= 11 is 1.81. The topological polar surface area (TPSA) is 60.0 Å². The normalized spacial score (nSPS) is 14.2. The number of hydrogen-bond acceptors (Lipinski definition) is 6. The number of aromatic nitrogens is 4. The van der Waals surface area contributed by atoms with Crippen LogP contribution in [0.5, 0.6) is 0 Å². The van der Waals surface area contributed by atoms with Gasteiger partial charge in [0.25, 0.3) is 5.89 Å². The molecule has 4 rings (SSSR count). The highest BCUT2D eigenvalue weighted by atomic mass is 32.1. The molecule has 0 saturated heterocycles. The van der Waals surface area contributed by atoms with Crippen molar-refractivity contribution in [3.05, 3.63) is 40.9 Å². The van der Waals surface area contributed by atoms with E-state index >= 15 is 0 Å². The van der Waals surface area contributed by atoms with Crippen LogP contribution in [0.15, 0.2) is 28.9 Å². The van der Waals surface area contributed by atoms with Crippen molar-refractivity contribution < 1.29 is 4.42 Å². The molecule has 0 saturated carbocycles. The number of likely N-dealkylation sites (N-methyl/N-ethyl adjacent to an activating group) is 1. The number of aryl methyl sites for hydroxylation is 2. The van der Waals surface area contributed by atoms with Crippen LogP contribution < -0.4 is 0 Å². The van der Waals surface area contributed by atoms with Gasteiger partial charge in [-0.1, -0.05) is 0 Å². The van der Waals surface area contributed by atoms with Gasteiger partial charge in [-0.2, -0.15) is 5.10 Å². The first-order valence-corrected chi connectivity index (χ1v) is 9.20. The van der Waals surface area contributed by atoms with Crippen LogP contribution in [0.3, 0.4) is 0 Å². The summed E-state index contributed by atoms with van der Waals surface area (Å²) in [6.07, 6.45) is 8.73. The van der Waals surface area contributed by atoms with E-state index in [0.717, 1.165) is 18.0 Å². The molecule has 1 aliphatic carbocycles. The van der Waals surface area contributed by atoms with Crippen LogP contribution in [0.4, 0.5) is 0 Å². The third-order valence-corrected chi connectivity index (χ3v) is 5.57. The molecule has 1 aliphatic rings. The Kier molecular flexibility index (Phi) is 4.44. The molecule has 0 fully saturated rings. The molecule has 0 radical (unpaired) electrons. The molecular formula is C17H21N5OS. The van der Waals surface area contributed by atoms with Gasteiger partial charge >= 0.3 is 0 Å².